The van der Waals surface area contributed by atoms with Gasteiger partial charge in [-0.25, -0.2) is 4.79 Å². The average molecular weight is 313 g/mol. The van der Waals surface area contributed by atoms with Crippen molar-refractivity contribution >= 4 is 23.5 Å². The summed E-state index contributed by atoms with van der Waals surface area (Å²) < 4.78 is 10.3. The molecule has 4 aliphatic rings. The molecule has 4 saturated carbocycles. The summed E-state index contributed by atoms with van der Waals surface area (Å²) in [4.78, 5) is 22.8. The van der Waals surface area contributed by atoms with Gasteiger partial charge in [0.2, 0.25) is 0 Å². The molecule has 0 radical (unpaired) electrons. The third kappa shape index (κ3) is 2.18. The molecule has 4 fully saturated rings. The van der Waals surface area contributed by atoms with E-state index in [-0.39, 0.29) is 18.6 Å². The van der Waals surface area contributed by atoms with Crippen LogP contribution in [0.2, 0.25) is 0 Å². The van der Waals surface area contributed by atoms with Crippen molar-refractivity contribution in [2.45, 2.75) is 38.2 Å². The monoisotopic (exact) mass is 312 g/mol. The van der Waals surface area contributed by atoms with E-state index in [1.165, 1.54) is 25.7 Å². The Hall–Kier alpha value is -0.770. The van der Waals surface area contributed by atoms with Gasteiger partial charge in [0.25, 0.3) is 0 Å². The zero-order valence-corrected chi connectivity index (χ0v) is 12.8. The van der Waals surface area contributed by atoms with Crippen molar-refractivity contribution in [3.63, 3.8) is 0 Å². The summed E-state index contributed by atoms with van der Waals surface area (Å²) in [5, 5.41) is 0. The number of esters is 2. The molecule has 0 aromatic heterocycles. The first-order chi connectivity index (χ1) is 10.2. The SMILES string of the molecule is O=C(CCl)OCC(=O)O[C@H]1CC2CC1C1C3CCC(C3)C21. The van der Waals surface area contributed by atoms with Crippen molar-refractivity contribution in [2.24, 2.45) is 35.5 Å². The van der Waals surface area contributed by atoms with E-state index in [0.717, 1.165) is 36.0 Å². The number of hydrogen-bond acceptors (Lipinski definition) is 4. The molecule has 21 heavy (non-hydrogen) atoms. The van der Waals surface area contributed by atoms with Crippen LogP contribution in [0.1, 0.15) is 32.1 Å². The van der Waals surface area contributed by atoms with Gasteiger partial charge < -0.3 is 9.47 Å². The molecule has 4 bridgehead atoms. The molecule has 0 aromatic carbocycles. The molecule has 116 valence electrons. The van der Waals surface area contributed by atoms with E-state index in [2.05, 4.69) is 0 Å². The predicted molar refractivity (Wildman–Crippen MR) is 75.6 cm³/mol. The topological polar surface area (TPSA) is 52.6 Å². The molecule has 0 N–H and O–H groups in total. The lowest BCUT2D eigenvalue weighted by Gasteiger charge is -2.38. The van der Waals surface area contributed by atoms with E-state index in [9.17, 15) is 9.59 Å². The maximum Gasteiger partial charge on any atom is 0.344 e. The summed E-state index contributed by atoms with van der Waals surface area (Å²) in [5.74, 6) is 3.64. The van der Waals surface area contributed by atoms with Gasteiger partial charge in [-0.1, -0.05) is 0 Å². The van der Waals surface area contributed by atoms with Crippen LogP contribution >= 0.6 is 11.6 Å². The second-order valence-corrected chi connectivity index (χ2v) is 7.47. The van der Waals surface area contributed by atoms with E-state index in [1.807, 2.05) is 0 Å². The maximum atomic E-state index is 11.8. The number of carbonyl (C=O) groups excluding carboxylic acids is 2. The largest absolute Gasteiger partial charge is 0.460 e. The van der Waals surface area contributed by atoms with Crippen molar-refractivity contribution in [2.75, 3.05) is 12.5 Å². The van der Waals surface area contributed by atoms with Crippen LogP contribution in [0, 0.1) is 35.5 Å². The van der Waals surface area contributed by atoms with E-state index >= 15 is 0 Å². The number of alkyl halides is 1. The summed E-state index contributed by atoms with van der Waals surface area (Å²) >= 11 is 5.33. The number of fused-ring (bicyclic) bond motifs is 9. The van der Waals surface area contributed by atoms with Gasteiger partial charge in [0.05, 0.1) is 0 Å². The number of carbonyl (C=O) groups is 2. The van der Waals surface area contributed by atoms with Gasteiger partial charge in [0.1, 0.15) is 12.0 Å². The fourth-order valence-corrected chi connectivity index (χ4v) is 6.10. The van der Waals surface area contributed by atoms with Crippen molar-refractivity contribution < 1.29 is 19.1 Å². The van der Waals surface area contributed by atoms with E-state index < -0.39 is 11.9 Å². The zero-order chi connectivity index (χ0) is 14.6. The lowest BCUT2D eigenvalue weighted by Crippen LogP contribution is -2.38. The Morgan fingerprint density at radius 2 is 1.71 bits per heavy atom. The van der Waals surface area contributed by atoms with Gasteiger partial charge in [0, 0.05) is 0 Å². The molecule has 7 atom stereocenters. The van der Waals surface area contributed by atoms with Crippen LogP contribution in [0.25, 0.3) is 0 Å². The minimum Gasteiger partial charge on any atom is -0.460 e. The van der Waals surface area contributed by atoms with Crippen LogP contribution in [0.5, 0.6) is 0 Å². The van der Waals surface area contributed by atoms with Crippen molar-refractivity contribution in [3.8, 4) is 0 Å². The van der Waals surface area contributed by atoms with Crippen LogP contribution in [0.4, 0.5) is 0 Å². The summed E-state index contributed by atoms with van der Waals surface area (Å²) in [7, 11) is 0. The van der Waals surface area contributed by atoms with Crippen molar-refractivity contribution in [1.29, 1.82) is 0 Å². The first-order valence-electron chi connectivity index (χ1n) is 8.08. The highest BCUT2D eigenvalue weighted by atomic mass is 35.5. The molecule has 0 amide bonds. The normalized spacial score (nSPS) is 45.7. The standard InChI is InChI=1S/C16H21ClO4/c17-6-13(18)20-7-14(19)21-12-5-10-4-11(12)16-9-2-1-8(3-9)15(10)16/h8-12,15-16H,1-7H2/t8?,9?,10?,11?,12-,15?,16?/m0/s1. The van der Waals surface area contributed by atoms with Crippen LogP contribution in [-0.2, 0) is 19.1 Å². The molecule has 4 aliphatic carbocycles. The van der Waals surface area contributed by atoms with E-state index in [1.54, 1.807) is 0 Å². The highest BCUT2D eigenvalue weighted by Crippen LogP contribution is 2.67. The molecule has 0 aromatic rings. The van der Waals surface area contributed by atoms with Gasteiger partial charge in [-0.2, -0.15) is 0 Å². The molecule has 6 unspecified atom stereocenters. The van der Waals surface area contributed by atoms with E-state index in [0.29, 0.717) is 5.92 Å². The van der Waals surface area contributed by atoms with Crippen molar-refractivity contribution in [3.05, 3.63) is 0 Å². The van der Waals surface area contributed by atoms with Gasteiger partial charge in [-0.05, 0) is 67.6 Å². The van der Waals surface area contributed by atoms with Crippen LogP contribution in [-0.4, -0.2) is 30.5 Å². The van der Waals surface area contributed by atoms with Crippen LogP contribution in [0.3, 0.4) is 0 Å². The Bertz CT molecular complexity index is 465. The Morgan fingerprint density at radius 3 is 2.48 bits per heavy atom. The van der Waals surface area contributed by atoms with Gasteiger partial charge in [-0.3, -0.25) is 4.79 Å². The van der Waals surface area contributed by atoms with Crippen molar-refractivity contribution in [1.82, 2.24) is 0 Å². The molecule has 4 rings (SSSR count). The maximum absolute atomic E-state index is 11.8. The summed E-state index contributed by atoms with van der Waals surface area (Å²) in [6, 6.07) is 0. The van der Waals surface area contributed by atoms with Crippen LogP contribution < -0.4 is 0 Å². The lowest BCUT2D eigenvalue weighted by atomic mass is 9.70. The molecule has 0 aliphatic heterocycles. The van der Waals surface area contributed by atoms with Crippen LogP contribution in [0.15, 0.2) is 0 Å². The number of hydrogen-bond donors (Lipinski definition) is 0. The average Bonchev–Trinajstić information content (AvgIpc) is 3.22. The number of rotatable bonds is 4. The predicted octanol–water partition coefficient (Wildman–Crippen LogP) is 2.38. The Labute approximate surface area is 129 Å². The number of halogens is 1. The quantitative estimate of drug-likeness (QED) is 0.454. The summed E-state index contributed by atoms with van der Waals surface area (Å²) in [6.07, 6.45) is 6.53. The third-order valence-electron chi connectivity index (χ3n) is 6.42. The molecule has 0 heterocycles. The summed E-state index contributed by atoms with van der Waals surface area (Å²) in [6.45, 7) is -0.306. The zero-order valence-electron chi connectivity index (χ0n) is 12.0. The smallest absolute Gasteiger partial charge is 0.344 e. The number of ether oxygens (including phenoxy) is 2. The first kappa shape index (κ1) is 13.9. The second-order valence-electron chi connectivity index (χ2n) is 7.21. The molecular weight excluding hydrogens is 292 g/mol. The second kappa shape index (κ2) is 5.15. The Morgan fingerprint density at radius 1 is 0.952 bits per heavy atom. The molecule has 4 nitrogen and oxygen atoms in total. The minimum absolute atomic E-state index is 0.0535. The fraction of sp³-hybridized carbons (Fsp3) is 0.875. The van der Waals surface area contributed by atoms with Gasteiger partial charge in [0.15, 0.2) is 6.61 Å². The molecule has 5 heteroatoms. The van der Waals surface area contributed by atoms with E-state index in [4.69, 9.17) is 21.1 Å². The highest BCUT2D eigenvalue weighted by Gasteiger charge is 2.63. The van der Waals surface area contributed by atoms with Gasteiger partial charge in [-0.15, -0.1) is 11.6 Å². The summed E-state index contributed by atoms with van der Waals surface area (Å²) in [5.41, 5.74) is 0. The first-order valence-corrected chi connectivity index (χ1v) is 8.62. The third-order valence-corrected chi connectivity index (χ3v) is 6.63. The Kier molecular flexibility index (Phi) is 3.40. The molecular formula is C16H21ClO4. The minimum atomic E-state index is -0.574. The molecule has 0 spiro atoms. The Balaban J connectivity index is 1.34. The fourth-order valence-electron chi connectivity index (χ4n) is 6.02. The molecule has 0 saturated heterocycles. The lowest BCUT2D eigenvalue weighted by molar-refractivity contribution is -0.164. The van der Waals surface area contributed by atoms with Gasteiger partial charge >= 0.3 is 11.9 Å². The highest BCUT2D eigenvalue weighted by molar-refractivity contribution is 6.26.